The topological polar surface area (TPSA) is 80.4 Å². The smallest absolute Gasteiger partial charge is 0.163 e. The third-order valence-corrected chi connectivity index (χ3v) is 4.64. The lowest BCUT2D eigenvalue weighted by Gasteiger charge is -2.26. The van der Waals surface area contributed by atoms with Crippen molar-refractivity contribution in [3.63, 3.8) is 0 Å². The number of aromatic nitrogens is 2. The highest BCUT2D eigenvalue weighted by Crippen LogP contribution is 2.25. The minimum atomic E-state index is 0.334. The number of nitrogens with one attached hydrogen (secondary N) is 1. The number of likely N-dealkylation sites (N-methyl/N-ethyl adjacent to an activating group) is 1. The van der Waals surface area contributed by atoms with Crippen LogP contribution < -0.4 is 10.2 Å². The van der Waals surface area contributed by atoms with E-state index in [-0.39, 0.29) is 0 Å². The van der Waals surface area contributed by atoms with Gasteiger partial charge in [0.2, 0.25) is 0 Å². The van der Waals surface area contributed by atoms with Crippen molar-refractivity contribution in [2.24, 2.45) is 4.99 Å². The highest BCUT2D eigenvalue weighted by Gasteiger charge is 2.28. The number of aliphatic imine (C=N–C) groups is 1. The molecule has 28 heavy (non-hydrogen) atoms. The summed E-state index contributed by atoms with van der Waals surface area (Å²) in [4.78, 5) is 8.83. The van der Waals surface area contributed by atoms with Crippen LogP contribution >= 0.6 is 0 Å². The van der Waals surface area contributed by atoms with Crippen molar-refractivity contribution in [2.75, 3.05) is 25.0 Å². The number of likely N-dealkylation sites (tertiary alicyclic amines) is 1. The fraction of sp³-hybridized carbons (Fsp3) is 0.429. The molecule has 3 rings (SSSR count). The number of anilines is 1. The maximum atomic E-state index is 8.83. The summed E-state index contributed by atoms with van der Waals surface area (Å²) in [6.45, 7) is 12.0. The highest BCUT2D eigenvalue weighted by atomic mass is 15.3. The Morgan fingerprint density at radius 1 is 1.43 bits per heavy atom. The molecule has 2 aliphatic heterocycles. The molecule has 1 aromatic heterocycles. The first-order valence-electron chi connectivity index (χ1n) is 9.60. The molecule has 0 radical (unpaired) electrons. The molecule has 1 aromatic rings. The number of hydrogen-bond acceptors (Lipinski definition) is 7. The van der Waals surface area contributed by atoms with Gasteiger partial charge in [0.1, 0.15) is 11.9 Å². The van der Waals surface area contributed by atoms with Crippen molar-refractivity contribution in [1.82, 2.24) is 20.4 Å². The lowest BCUT2D eigenvalue weighted by Crippen LogP contribution is -2.35. The summed E-state index contributed by atoms with van der Waals surface area (Å²) >= 11 is 0. The van der Waals surface area contributed by atoms with Gasteiger partial charge in [0.05, 0.1) is 0 Å². The Bertz CT molecular complexity index is 799. The third-order valence-electron chi connectivity index (χ3n) is 4.64. The van der Waals surface area contributed by atoms with E-state index in [0.717, 1.165) is 36.7 Å². The van der Waals surface area contributed by atoms with E-state index in [0.29, 0.717) is 11.7 Å². The zero-order valence-electron chi connectivity index (χ0n) is 17.2. The van der Waals surface area contributed by atoms with Crippen molar-refractivity contribution in [3.05, 3.63) is 54.2 Å². The summed E-state index contributed by atoms with van der Waals surface area (Å²) in [6.07, 6.45) is 7.75. The second-order valence-corrected chi connectivity index (χ2v) is 6.74. The second kappa shape index (κ2) is 10.3. The molecule has 2 aliphatic rings. The predicted octanol–water partition coefficient (Wildman–Crippen LogP) is 3.21. The second-order valence-electron chi connectivity index (χ2n) is 6.74. The molecule has 1 saturated heterocycles. The lowest BCUT2D eigenvalue weighted by molar-refractivity contribution is 0.417. The molecule has 148 valence electrons. The summed E-state index contributed by atoms with van der Waals surface area (Å²) in [5.74, 6) is 1.62. The van der Waals surface area contributed by atoms with E-state index in [2.05, 4.69) is 57.7 Å². The fourth-order valence-electron chi connectivity index (χ4n) is 3.13. The number of nitrogens with zero attached hydrogens (tertiary/aromatic N) is 6. The summed E-state index contributed by atoms with van der Waals surface area (Å²) in [5.41, 5.74) is 2.63. The first-order valence-corrected chi connectivity index (χ1v) is 9.60. The Balaban J connectivity index is 0.000000878. The standard InChI is InChI=1S/C18H21N7.C3H8/c1-4-20-18-16(7-9-21-18)13(2)25-10-8-15(12-25)24(3)17-6-5-14(11-19)22-23-17;1-3-2/h4-7,9,15H,1,8,10,12H2,2-3H3,(H,20,21);3H2,1-2H3/b16-13+;/t15-;/m1./s1. The van der Waals surface area contributed by atoms with Gasteiger partial charge in [-0.15, -0.1) is 10.2 Å². The molecule has 0 aliphatic carbocycles. The monoisotopic (exact) mass is 379 g/mol. The first kappa shape index (κ1) is 21.2. The van der Waals surface area contributed by atoms with Gasteiger partial charge in [0.25, 0.3) is 0 Å². The van der Waals surface area contributed by atoms with Gasteiger partial charge in [0, 0.05) is 43.6 Å². The molecule has 1 atom stereocenters. The quantitative estimate of drug-likeness (QED) is 0.865. The van der Waals surface area contributed by atoms with Crippen molar-refractivity contribution in [1.29, 1.82) is 5.26 Å². The van der Waals surface area contributed by atoms with Gasteiger partial charge >= 0.3 is 0 Å². The summed E-state index contributed by atoms with van der Waals surface area (Å²) in [7, 11) is 2.02. The molecule has 0 unspecified atom stereocenters. The first-order chi connectivity index (χ1) is 13.5. The number of amidine groups is 1. The van der Waals surface area contributed by atoms with Gasteiger partial charge in [-0.25, -0.2) is 4.99 Å². The molecule has 3 heterocycles. The Morgan fingerprint density at radius 2 is 2.18 bits per heavy atom. The van der Waals surface area contributed by atoms with Crippen LogP contribution in [0.5, 0.6) is 0 Å². The van der Waals surface area contributed by atoms with E-state index >= 15 is 0 Å². The Morgan fingerprint density at radius 3 is 2.79 bits per heavy atom. The van der Waals surface area contributed by atoms with Crippen LogP contribution in [0.1, 0.15) is 39.3 Å². The average Bonchev–Trinajstić information content (AvgIpc) is 3.38. The molecule has 1 N–H and O–H groups in total. The van der Waals surface area contributed by atoms with Crippen LogP contribution in [0, 0.1) is 11.3 Å². The molecule has 0 aromatic carbocycles. The highest BCUT2D eigenvalue weighted by molar-refractivity contribution is 6.04. The zero-order valence-corrected chi connectivity index (χ0v) is 17.2. The van der Waals surface area contributed by atoms with Crippen LogP contribution in [0.3, 0.4) is 0 Å². The summed E-state index contributed by atoms with van der Waals surface area (Å²) < 4.78 is 0. The van der Waals surface area contributed by atoms with Crippen LogP contribution in [-0.2, 0) is 0 Å². The number of allylic oxidation sites excluding steroid dienone is 1. The Hall–Kier alpha value is -3.14. The fourth-order valence-corrected chi connectivity index (χ4v) is 3.13. The van der Waals surface area contributed by atoms with Crippen LogP contribution in [-0.4, -0.2) is 47.1 Å². The molecule has 1 fully saturated rings. The van der Waals surface area contributed by atoms with Gasteiger partial charge in [-0.1, -0.05) is 26.8 Å². The molecule has 7 heteroatoms. The number of nitriles is 1. The SMILES string of the molecule is C=CNC1=NC=C/C1=C(/C)N1CC[C@@H](N(C)c2ccc(C#N)nn2)C1.CCC. The summed E-state index contributed by atoms with van der Waals surface area (Å²) in [6, 6.07) is 5.88. The van der Waals surface area contributed by atoms with E-state index in [9.17, 15) is 0 Å². The van der Waals surface area contributed by atoms with Crippen LogP contribution in [0.2, 0.25) is 0 Å². The minimum Gasteiger partial charge on any atom is -0.372 e. The van der Waals surface area contributed by atoms with E-state index in [1.54, 1.807) is 18.5 Å². The van der Waals surface area contributed by atoms with Crippen LogP contribution in [0.15, 0.2) is 53.5 Å². The predicted molar refractivity (Wildman–Crippen MR) is 114 cm³/mol. The van der Waals surface area contributed by atoms with Gasteiger partial charge in [-0.2, -0.15) is 5.26 Å². The molecular formula is C21H29N7. The Labute approximate surface area is 167 Å². The van der Waals surface area contributed by atoms with E-state index < -0.39 is 0 Å². The van der Waals surface area contributed by atoms with Gasteiger partial charge in [-0.05, 0) is 37.8 Å². The number of hydrogen-bond donors (Lipinski definition) is 1. The van der Waals surface area contributed by atoms with Crippen molar-refractivity contribution < 1.29 is 0 Å². The lowest BCUT2D eigenvalue weighted by atomic mass is 10.2. The largest absolute Gasteiger partial charge is 0.372 e. The molecule has 0 amide bonds. The zero-order chi connectivity index (χ0) is 20.5. The summed E-state index contributed by atoms with van der Waals surface area (Å²) in [5, 5.41) is 20.0. The third kappa shape index (κ3) is 4.97. The Kier molecular flexibility index (Phi) is 7.76. The van der Waals surface area contributed by atoms with Crippen LogP contribution in [0.4, 0.5) is 5.82 Å². The minimum absolute atomic E-state index is 0.334. The molecule has 7 nitrogen and oxygen atoms in total. The van der Waals surface area contributed by atoms with E-state index in [1.165, 1.54) is 12.1 Å². The van der Waals surface area contributed by atoms with Crippen molar-refractivity contribution >= 4 is 11.7 Å². The maximum absolute atomic E-state index is 8.83. The van der Waals surface area contributed by atoms with Gasteiger partial charge in [0.15, 0.2) is 11.5 Å². The molecule has 0 bridgehead atoms. The molecular weight excluding hydrogens is 350 g/mol. The molecule has 0 saturated carbocycles. The van der Waals surface area contributed by atoms with Gasteiger partial charge in [-0.3, -0.25) is 0 Å². The van der Waals surface area contributed by atoms with E-state index in [1.807, 2.05) is 25.3 Å². The average molecular weight is 380 g/mol. The maximum Gasteiger partial charge on any atom is 0.163 e. The molecule has 0 spiro atoms. The number of rotatable bonds is 4. The van der Waals surface area contributed by atoms with Crippen LogP contribution in [0.25, 0.3) is 0 Å². The normalized spacial score (nSPS) is 19.3. The van der Waals surface area contributed by atoms with Crippen molar-refractivity contribution in [3.8, 4) is 6.07 Å². The van der Waals surface area contributed by atoms with Crippen molar-refractivity contribution in [2.45, 2.75) is 39.7 Å². The van der Waals surface area contributed by atoms with E-state index in [4.69, 9.17) is 5.26 Å². The van der Waals surface area contributed by atoms with Gasteiger partial charge < -0.3 is 15.1 Å².